The molecule has 0 saturated carbocycles. The molecule has 1 N–H and O–H groups in total. The van der Waals surface area contributed by atoms with Gasteiger partial charge in [-0.25, -0.2) is 4.98 Å². The molecule has 4 nitrogen and oxygen atoms in total. The van der Waals surface area contributed by atoms with Gasteiger partial charge in [0.25, 0.3) is 5.91 Å². The normalized spacial score (nSPS) is 15.7. The van der Waals surface area contributed by atoms with Crippen LogP contribution in [0.15, 0.2) is 24.1 Å². The Morgan fingerprint density at radius 2 is 2.35 bits per heavy atom. The number of imidazole rings is 1. The second-order valence-corrected chi connectivity index (χ2v) is 6.36. The minimum Gasteiger partial charge on any atom is -0.348 e. The summed E-state index contributed by atoms with van der Waals surface area (Å²) in [6.07, 6.45) is 10.1. The second kappa shape index (κ2) is 5.79. The third-order valence-electron chi connectivity index (χ3n) is 3.73. The third-order valence-corrected chi connectivity index (χ3v) is 4.82. The molecule has 1 amide bonds. The first-order chi connectivity index (χ1) is 9.74. The summed E-state index contributed by atoms with van der Waals surface area (Å²) in [5.74, 6) is 0.0667. The molecule has 0 radical (unpaired) electrons. The molecule has 0 aromatic carbocycles. The highest BCUT2D eigenvalue weighted by molar-refractivity contribution is 7.10. The predicted octanol–water partition coefficient (Wildman–Crippen LogP) is 2.64. The minimum atomic E-state index is 0.0667. The Bertz CT molecular complexity index is 588. The van der Waals surface area contributed by atoms with E-state index in [0.717, 1.165) is 24.9 Å². The number of aryl methyl sites for hydroxylation is 1. The van der Waals surface area contributed by atoms with Crippen LogP contribution in [0.1, 0.15) is 40.6 Å². The fourth-order valence-electron chi connectivity index (χ4n) is 2.74. The van der Waals surface area contributed by atoms with Crippen LogP contribution in [-0.2, 0) is 19.4 Å². The van der Waals surface area contributed by atoms with Gasteiger partial charge in [-0.05, 0) is 38.2 Å². The van der Waals surface area contributed by atoms with E-state index in [-0.39, 0.29) is 11.9 Å². The molecule has 0 unspecified atom stereocenters. The highest BCUT2D eigenvalue weighted by Crippen LogP contribution is 2.30. The molecule has 0 saturated heterocycles. The van der Waals surface area contributed by atoms with Gasteiger partial charge in [0.2, 0.25) is 0 Å². The predicted molar refractivity (Wildman–Crippen MR) is 80.1 cm³/mol. The first kappa shape index (κ1) is 13.4. The van der Waals surface area contributed by atoms with Gasteiger partial charge in [0.1, 0.15) is 0 Å². The smallest absolute Gasteiger partial charge is 0.252 e. The lowest BCUT2D eigenvalue weighted by atomic mass is 9.95. The van der Waals surface area contributed by atoms with E-state index in [4.69, 9.17) is 0 Å². The number of hydrogen-bond donors (Lipinski definition) is 1. The molecule has 3 rings (SSSR count). The zero-order chi connectivity index (χ0) is 13.9. The van der Waals surface area contributed by atoms with E-state index in [1.54, 1.807) is 23.9 Å². The summed E-state index contributed by atoms with van der Waals surface area (Å²) in [5.41, 5.74) is 2.18. The molecule has 2 aromatic heterocycles. The third kappa shape index (κ3) is 2.77. The van der Waals surface area contributed by atoms with Crippen LogP contribution in [0, 0.1) is 0 Å². The maximum atomic E-state index is 12.4. The fraction of sp³-hybridized carbons (Fsp3) is 0.467. The van der Waals surface area contributed by atoms with Gasteiger partial charge < -0.3 is 9.88 Å². The van der Waals surface area contributed by atoms with Crippen molar-refractivity contribution in [2.45, 2.75) is 45.2 Å². The van der Waals surface area contributed by atoms with E-state index in [0.29, 0.717) is 0 Å². The molecule has 0 fully saturated rings. The molecule has 1 atom stereocenters. The van der Waals surface area contributed by atoms with Gasteiger partial charge in [-0.1, -0.05) is 0 Å². The molecule has 2 aromatic rings. The monoisotopic (exact) mass is 289 g/mol. The second-order valence-electron chi connectivity index (χ2n) is 5.39. The lowest BCUT2D eigenvalue weighted by molar-refractivity contribution is 0.0936. The van der Waals surface area contributed by atoms with Crippen molar-refractivity contribution in [2.24, 2.45) is 0 Å². The van der Waals surface area contributed by atoms with Crippen molar-refractivity contribution in [1.29, 1.82) is 0 Å². The van der Waals surface area contributed by atoms with Gasteiger partial charge in [0.05, 0.1) is 11.9 Å². The number of aromatic nitrogens is 2. The number of rotatable bonds is 4. The lowest BCUT2D eigenvalue weighted by Crippen LogP contribution is -2.35. The van der Waals surface area contributed by atoms with Crippen LogP contribution in [0.25, 0.3) is 0 Å². The van der Waals surface area contributed by atoms with Gasteiger partial charge >= 0.3 is 0 Å². The highest BCUT2D eigenvalue weighted by Gasteiger charge is 2.20. The SMILES string of the molecule is C[C@@H](Cn1ccnc1)NC(=O)c1csc2c1CCCC2. The molecule has 5 heteroatoms. The van der Waals surface area contributed by atoms with Crippen LogP contribution in [0.3, 0.4) is 0 Å². The first-order valence-corrected chi connectivity index (χ1v) is 7.98. The van der Waals surface area contributed by atoms with Gasteiger partial charge in [-0.2, -0.15) is 0 Å². The number of hydrogen-bond acceptors (Lipinski definition) is 3. The Balaban J connectivity index is 1.65. The van der Waals surface area contributed by atoms with Crippen molar-refractivity contribution >= 4 is 17.2 Å². The summed E-state index contributed by atoms with van der Waals surface area (Å²) < 4.78 is 1.98. The van der Waals surface area contributed by atoms with Crippen LogP contribution in [0.4, 0.5) is 0 Å². The van der Waals surface area contributed by atoms with Crippen LogP contribution in [0.2, 0.25) is 0 Å². The Hall–Kier alpha value is -1.62. The fourth-order valence-corrected chi connectivity index (χ4v) is 3.87. The molecule has 0 bridgehead atoms. The van der Waals surface area contributed by atoms with Crippen molar-refractivity contribution in [3.8, 4) is 0 Å². The number of amides is 1. The average Bonchev–Trinajstić information content (AvgIpc) is 3.07. The Morgan fingerprint density at radius 1 is 1.50 bits per heavy atom. The number of thiophene rings is 1. The molecular formula is C15H19N3OS. The van der Waals surface area contributed by atoms with Crippen molar-refractivity contribution < 1.29 is 4.79 Å². The van der Waals surface area contributed by atoms with Gasteiger partial charge in [0.15, 0.2) is 0 Å². The van der Waals surface area contributed by atoms with Gasteiger partial charge in [0, 0.05) is 35.2 Å². The van der Waals surface area contributed by atoms with Crippen LogP contribution in [0.5, 0.6) is 0 Å². The molecule has 1 aliphatic rings. The Labute approximate surface area is 122 Å². The van der Waals surface area contributed by atoms with Gasteiger partial charge in [-0.3, -0.25) is 4.79 Å². The average molecular weight is 289 g/mol. The van der Waals surface area contributed by atoms with E-state index in [1.807, 2.05) is 23.1 Å². The van der Waals surface area contributed by atoms with Crippen molar-refractivity contribution in [3.05, 3.63) is 40.1 Å². The summed E-state index contributed by atoms with van der Waals surface area (Å²) in [6, 6.07) is 0.0934. The summed E-state index contributed by atoms with van der Waals surface area (Å²) in [5, 5.41) is 5.11. The molecular weight excluding hydrogens is 270 g/mol. The molecule has 1 aliphatic carbocycles. The van der Waals surface area contributed by atoms with E-state index >= 15 is 0 Å². The Kier molecular flexibility index (Phi) is 3.87. The lowest BCUT2D eigenvalue weighted by Gasteiger charge is -2.16. The summed E-state index contributed by atoms with van der Waals surface area (Å²) in [4.78, 5) is 17.8. The molecule has 2 heterocycles. The Morgan fingerprint density at radius 3 is 3.15 bits per heavy atom. The minimum absolute atomic E-state index is 0.0667. The van der Waals surface area contributed by atoms with Crippen molar-refractivity contribution in [3.63, 3.8) is 0 Å². The zero-order valence-corrected chi connectivity index (χ0v) is 12.4. The topological polar surface area (TPSA) is 46.9 Å². The van der Waals surface area contributed by atoms with Gasteiger partial charge in [-0.15, -0.1) is 11.3 Å². The molecule has 0 spiro atoms. The number of nitrogens with one attached hydrogen (secondary N) is 1. The van der Waals surface area contributed by atoms with Crippen molar-refractivity contribution in [1.82, 2.24) is 14.9 Å². The maximum Gasteiger partial charge on any atom is 0.252 e. The number of carbonyl (C=O) groups is 1. The van der Waals surface area contributed by atoms with E-state index in [1.165, 1.54) is 23.3 Å². The first-order valence-electron chi connectivity index (χ1n) is 7.10. The zero-order valence-electron chi connectivity index (χ0n) is 11.6. The van der Waals surface area contributed by atoms with Crippen LogP contribution in [-0.4, -0.2) is 21.5 Å². The van der Waals surface area contributed by atoms with E-state index in [9.17, 15) is 4.79 Å². The summed E-state index contributed by atoms with van der Waals surface area (Å²) in [7, 11) is 0. The quantitative estimate of drug-likeness (QED) is 0.940. The van der Waals surface area contributed by atoms with Crippen molar-refractivity contribution in [2.75, 3.05) is 0 Å². The van der Waals surface area contributed by atoms with Crippen LogP contribution < -0.4 is 5.32 Å². The van der Waals surface area contributed by atoms with E-state index in [2.05, 4.69) is 10.3 Å². The highest BCUT2D eigenvalue weighted by atomic mass is 32.1. The molecule has 20 heavy (non-hydrogen) atoms. The number of nitrogens with zero attached hydrogens (tertiary/aromatic N) is 2. The number of fused-ring (bicyclic) bond motifs is 1. The number of carbonyl (C=O) groups excluding carboxylic acids is 1. The summed E-state index contributed by atoms with van der Waals surface area (Å²) >= 11 is 1.74. The maximum absolute atomic E-state index is 12.4. The van der Waals surface area contributed by atoms with Crippen LogP contribution >= 0.6 is 11.3 Å². The molecule has 0 aliphatic heterocycles. The summed E-state index contributed by atoms with van der Waals surface area (Å²) in [6.45, 7) is 2.77. The van der Waals surface area contributed by atoms with E-state index < -0.39 is 0 Å². The standard InChI is InChI=1S/C15H19N3OS/c1-11(8-18-7-6-16-10-18)17-15(19)13-9-20-14-5-3-2-4-12(13)14/h6-7,9-11H,2-5,8H2,1H3,(H,17,19)/t11-/m0/s1. The molecule has 106 valence electrons. The largest absolute Gasteiger partial charge is 0.348 e.